The predicted octanol–water partition coefficient (Wildman–Crippen LogP) is 3.84. The van der Waals surface area contributed by atoms with Crippen molar-refractivity contribution < 1.29 is 14.0 Å². The summed E-state index contributed by atoms with van der Waals surface area (Å²) in [6, 6.07) is 7.78. The number of aromatic nitrogens is 1. The molecular weight excluding hydrogens is 416 g/mol. The van der Waals surface area contributed by atoms with Gasteiger partial charge in [0.15, 0.2) is 5.76 Å². The molecule has 7 nitrogen and oxygen atoms in total. The molecule has 1 aliphatic carbocycles. The van der Waals surface area contributed by atoms with Crippen molar-refractivity contribution in [3.63, 3.8) is 0 Å². The van der Waals surface area contributed by atoms with Crippen LogP contribution in [0.25, 0.3) is 0 Å². The van der Waals surface area contributed by atoms with E-state index in [2.05, 4.69) is 29.4 Å². The molecule has 1 saturated heterocycles. The molecule has 0 atom stereocenters. The van der Waals surface area contributed by atoms with E-state index in [0.717, 1.165) is 70.0 Å². The molecule has 0 spiro atoms. The Morgan fingerprint density at radius 3 is 2.52 bits per heavy atom. The zero-order valence-corrected chi connectivity index (χ0v) is 20.2. The number of furan rings is 1. The summed E-state index contributed by atoms with van der Waals surface area (Å²) < 4.78 is 8.08. The molecule has 0 unspecified atom stereocenters. The van der Waals surface area contributed by atoms with Crippen LogP contribution in [-0.2, 0) is 17.9 Å². The molecule has 0 N–H and O–H groups in total. The summed E-state index contributed by atoms with van der Waals surface area (Å²) in [5, 5.41) is 0. The largest absolute Gasteiger partial charge is 0.454 e. The van der Waals surface area contributed by atoms with Crippen molar-refractivity contribution in [1.29, 1.82) is 0 Å². The van der Waals surface area contributed by atoms with E-state index in [1.54, 1.807) is 6.07 Å². The van der Waals surface area contributed by atoms with Gasteiger partial charge in [-0.1, -0.05) is 26.7 Å². The number of carbonyl (C=O) groups is 2. The quantitative estimate of drug-likeness (QED) is 0.578. The van der Waals surface area contributed by atoms with Gasteiger partial charge in [0.05, 0.1) is 13.1 Å². The SMILES string of the molecule is CCCN(Cc1cccn1Cc1ccc(C(=O)N2CCN(CC)CC2)o1)C(=O)C1CCCC1. The lowest BCUT2D eigenvalue weighted by Crippen LogP contribution is -2.48. The Kier molecular flexibility index (Phi) is 7.91. The Morgan fingerprint density at radius 1 is 1.06 bits per heavy atom. The molecule has 2 aromatic rings. The van der Waals surface area contributed by atoms with Crippen LogP contribution in [0, 0.1) is 5.92 Å². The van der Waals surface area contributed by atoms with Crippen molar-refractivity contribution in [3.8, 4) is 0 Å². The molecule has 3 heterocycles. The second kappa shape index (κ2) is 11.1. The van der Waals surface area contributed by atoms with E-state index in [-0.39, 0.29) is 11.8 Å². The van der Waals surface area contributed by atoms with Gasteiger partial charge in [-0.15, -0.1) is 0 Å². The van der Waals surface area contributed by atoms with Crippen LogP contribution in [0.1, 0.15) is 68.0 Å². The molecule has 0 radical (unpaired) electrons. The van der Waals surface area contributed by atoms with Gasteiger partial charge in [-0.2, -0.15) is 0 Å². The zero-order valence-electron chi connectivity index (χ0n) is 20.2. The van der Waals surface area contributed by atoms with Gasteiger partial charge >= 0.3 is 0 Å². The Morgan fingerprint density at radius 2 is 1.82 bits per heavy atom. The van der Waals surface area contributed by atoms with Gasteiger partial charge in [0.1, 0.15) is 5.76 Å². The topological polar surface area (TPSA) is 61.9 Å². The van der Waals surface area contributed by atoms with Crippen LogP contribution in [0.15, 0.2) is 34.9 Å². The smallest absolute Gasteiger partial charge is 0.289 e. The van der Waals surface area contributed by atoms with E-state index in [9.17, 15) is 9.59 Å². The van der Waals surface area contributed by atoms with Crippen molar-refractivity contribution in [2.45, 2.75) is 59.0 Å². The van der Waals surface area contributed by atoms with E-state index in [0.29, 0.717) is 24.8 Å². The molecule has 1 saturated carbocycles. The third kappa shape index (κ3) is 5.69. The second-order valence-electron chi connectivity index (χ2n) is 9.36. The second-order valence-corrected chi connectivity index (χ2v) is 9.36. The van der Waals surface area contributed by atoms with Crippen LogP contribution in [0.4, 0.5) is 0 Å². The van der Waals surface area contributed by atoms with Crippen molar-refractivity contribution in [2.24, 2.45) is 5.92 Å². The molecule has 0 aromatic carbocycles. The summed E-state index contributed by atoms with van der Waals surface area (Å²) >= 11 is 0. The van der Waals surface area contributed by atoms with Crippen molar-refractivity contribution in [1.82, 2.24) is 19.3 Å². The number of hydrogen-bond acceptors (Lipinski definition) is 4. The minimum absolute atomic E-state index is 0.0268. The zero-order chi connectivity index (χ0) is 23.2. The summed E-state index contributed by atoms with van der Waals surface area (Å²) in [7, 11) is 0. The highest BCUT2D eigenvalue weighted by molar-refractivity contribution is 5.91. The van der Waals surface area contributed by atoms with E-state index in [4.69, 9.17) is 4.42 Å². The molecule has 0 bridgehead atoms. The summed E-state index contributed by atoms with van der Waals surface area (Å²) in [5.41, 5.74) is 1.09. The molecule has 33 heavy (non-hydrogen) atoms. The summed E-state index contributed by atoms with van der Waals surface area (Å²) in [5.74, 6) is 1.63. The number of carbonyl (C=O) groups excluding carboxylic acids is 2. The lowest BCUT2D eigenvalue weighted by Gasteiger charge is -2.33. The van der Waals surface area contributed by atoms with Gasteiger partial charge < -0.3 is 23.7 Å². The monoisotopic (exact) mass is 454 g/mol. The van der Waals surface area contributed by atoms with Crippen LogP contribution in [0.3, 0.4) is 0 Å². The Balaban J connectivity index is 1.39. The van der Waals surface area contributed by atoms with Gasteiger partial charge in [-0.05, 0) is 50.1 Å². The fourth-order valence-electron chi connectivity index (χ4n) is 5.08. The standard InChI is InChI=1S/C26H38N4O3/c1-3-13-30(25(31)21-8-5-6-9-21)19-22-10-7-14-29(22)20-23-11-12-24(33-23)26(32)28-17-15-27(4-2)16-18-28/h7,10-12,14,21H,3-6,8-9,13,15-20H2,1-2H3. The van der Waals surface area contributed by atoms with Crippen LogP contribution in [0.2, 0.25) is 0 Å². The summed E-state index contributed by atoms with van der Waals surface area (Å²) in [4.78, 5) is 32.2. The minimum atomic E-state index is -0.0268. The number of piperazine rings is 1. The Hall–Kier alpha value is -2.54. The molecule has 2 aliphatic rings. The van der Waals surface area contributed by atoms with Gasteiger partial charge in [0.25, 0.3) is 5.91 Å². The first-order valence-corrected chi connectivity index (χ1v) is 12.6. The lowest BCUT2D eigenvalue weighted by molar-refractivity contribution is -0.136. The number of likely N-dealkylation sites (N-methyl/N-ethyl adjacent to an activating group) is 1. The third-order valence-electron chi connectivity index (χ3n) is 7.09. The highest BCUT2D eigenvalue weighted by atomic mass is 16.4. The highest BCUT2D eigenvalue weighted by Gasteiger charge is 2.28. The fraction of sp³-hybridized carbons (Fsp3) is 0.615. The first kappa shape index (κ1) is 23.6. The van der Waals surface area contributed by atoms with E-state index in [1.165, 1.54) is 12.8 Å². The van der Waals surface area contributed by atoms with Gasteiger partial charge in [-0.3, -0.25) is 9.59 Å². The maximum absolute atomic E-state index is 13.1. The number of nitrogens with zero attached hydrogens (tertiary/aromatic N) is 4. The first-order valence-electron chi connectivity index (χ1n) is 12.6. The lowest BCUT2D eigenvalue weighted by atomic mass is 10.1. The van der Waals surface area contributed by atoms with Gasteiger partial charge in [0.2, 0.25) is 5.91 Å². The van der Waals surface area contributed by atoms with Crippen molar-refractivity contribution in [3.05, 3.63) is 47.7 Å². The molecule has 7 heteroatoms. The van der Waals surface area contributed by atoms with Crippen LogP contribution < -0.4 is 0 Å². The van der Waals surface area contributed by atoms with Crippen LogP contribution in [-0.4, -0.2) is 70.3 Å². The van der Waals surface area contributed by atoms with Crippen molar-refractivity contribution in [2.75, 3.05) is 39.3 Å². The van der Waals surface area contributed by atoms with Crippen LogP contribution in [0.5, 0.6) is 0 Å². The summed E-state index contributed by atoms with van der Waals surface area (Å²) in [6.45, 7) is 10.6. The number of amides is 2. The molecular formula is C26H38N4O3. The van der Waals surface area contributed by atoms with Gasteiger partial charge in [-0.25, -0.2) is 0 Å². The molecule has 2 fully saturated rings. The van der Waals surface area contributed by atoms with Crippen LogP contribution >= 0.6 is 0 Å². The third-order valence-corrected chi connectivity index (χ3v) is 7.09. The van der Waals surface area contributed by atoms with E-state index < -0.39 is 0 Å². The Labute approximate surface area is 197 Å². The highest BCUT2D eigenvalue weighted by Crippen LogP contribution is 2.27. The maximum Gasteiger partial charge on any atom is 0.289 e. The average molecular weight is 455 g/mol. The molecule has 180 valence electrons. The minimum Gasteiger partial charge on any atom is -0.454 e. The predicted molar refractivity (Wildman–Crippen MR) is 128 cm³/mol. The fourth-order valence-corrected chi connectivity index (χ4v) is 5.08. The normalized spacial score (nSPS) is 17.6. The van der Waals surface area contributed by atoms with E-state index >= 15 is 0 Å². The van der Waals surface area contributed by atoms with E-state index in [1.807, 2.05) is 28.1 Å². The average Bonchev–Trinajstić information content (AvgIpc) is 3.61. The summed E-state index contributed by atoms with van der Waals surface area (Å²) in [6.07, 6.45) is 7.36. The van der Waals surface area contributed by atoms with Gasteiger partial charge in [0, 0.05) is 50.5 Å². The number of hydrogen-bond donors (Lipinski definition) is 0. The molecule has 4 rings (SSSR count). The Bertz CT molecular complexity index is 920. The molecule has 2 amide bonds. The first-order chi connectivity index (χ1) is 16.1. The number of rotatable bonds is 9. The van der Waals surface area contributed by atoms with Crippen molar-refractivity contribution >= 4 is 11.8 Å². The molecule has 1 aliphatic heterocycles. The maximum atomic E-state index is 13.1. The molecule has 2 aromatic heterocycles.